The summed E-state index contributed by atoms with van der Waals surface area (Å²) in [4.78, 5) is 12.5. The molecule has 0 saturated carbocycles. The molecule has 1 amide bonds. The van der Waals surface area contributed by atoms with Gasteiger partial charge < -0.3 is 5.32 Å². The third-order valence-electron chi connectivity index (χ3n) is 4.09. The molecule has 6 heteroatoms. The SMILES string of the molecule is CC(=CC(=O)NC(C)c1ccc(S(=O)(=O)N(C)C)cc1)c1ccccc1. The van der Waals surface area contributed by atoms with Crippen LogP contribution in [0.3, 0.4) is 0 Å². The third kappa shape index (κ3) is 4.80. The Bertz CT molecular complexity index is 886. The number of benzene rings is 2. The number of nitrogens with one attached hydrogen (secondary N) is 1. The maximum Gasteiger partial charge on any atom is 0.244 e. The summed E-state index contributed by atoms with van der Waals surface area (Å²) in [6, 6.07) is 16.0. The van der Waals surface area contributed by atoms with E-state index in [2.05, 4.69) is 5.32 Å². The van der Waals surface area contributed by atoms with Gasteiger partial charge in [0.1, 0.15) is 0 Å². The van der Waals surface area contributed by atoms with Crippen molar-refractivity contribution < 1.29 is 13.2 Å². The van der Waals surface area contributed by atoms with E-state index in [-0.39, 0.29) is 16.8 Å². The fourth-order valence-electron chi connectivity index (χ4n) is 2.46. The van der Waals surface area contributed by atoms with E-state index in [1.165, 1.54) is 18.4 Å². The van der Waals surface area contributed by atoms with Crippen LogP contribution < -0.4 is 5.32 Å². The minimum absolute atomic E-state index is 0.191. The first kappa shape index (κ1) is 19.9. The Kier molecular flexibility index (Phi) is 6.34. The second kappa shape index (κ2) is 8.29. The number of nitrogens with zero attached hydrogens (tertiary/aromatic N) is 1. The molecule has 0 aromatic heterocycles. The number of amides is 1. The lowest BCUT2D eigenvalue weighted by atomic mass is 10.1. The molecule has 2 aromatic carbocycles. The van der Waals surface area contributed by atoms with Gasteiger partial charge in [0.2, 0.25) is 15.9 Å². The first-order chi connectivity index (χ1) is 12.2. The molecule has 0 heterocycles. The first-order valence-corrected chi connectivity index (χ1v) is 9.72. The van der Waals surface area contributed by atoms with Crippen molar-refractivity contribution in [2.24, 2.45) is 0 Å². The highest BCUT2D eigenvalue weighted by molar-refractivity contribution is 7.89. The molecule has 1 atom stereocenters. The Morgan fingerprint density at radius 2 is 1.62 bits per heavy atom. The number of sulfonamides is 1. The second-order valence-electron chi connectivity index (χ2n) is 6.28. The number of hydrogen-bond acceptors (Lipinski definition) is 3. The fourth-order valence-corrected chi connectivity index (χ4v) is 3.36. The molecule has 0 aliphatic rings. The number of carbonyl (C=O) groups excluding carboxylic acids is 1. The normalized spacial score (nSPS) is 13.5. The molecule has 26 heavy (non-hydrogen) atoms. The lowest BCUT2D eigenvalue weighted by molar-refractivity contribution is -0.117. The van der Waals surface area contributed by atoms with Crippen molar-refractivity contribution in [3.8, 4) is 0 Å². The van der Waals surface area contributed by atoms with Crippen LogP contribution in [0, 0.1) is 0 Å². The zero-order valence-corrected chi connectivity index (χ0v) is 16.2. The Morgan fingerprint density at radius 1 is 1.04 bits per heavy atom. The van der Waals surface area contributed by atoms with Crippen LogP contribution in [0.5, 0.6) is 0 Å². The molecule has 5 nitrogen and oxygen atoms in total. The quantitative estimate of drug-likeness (QED) is 0.792. The predicted octanol–water partition coefficient (Wildman–Crippen LogP) is 3.22. The lowest BCUT2D eigenvalue weighted by Crippen LogP contribution is -2.25. The lowest BCUT2D eigenvalue weighted by Gasteiger charge is -2.15. The molecular formula is C20H24N2O3S. The van der Waals surface area contributed by atoms with Crippen molar-refractivity contribution >= 4 is 21.5 Å². The molecule has 2 rings (SSSR count). The Morgan fingerprint density at radius 3 is 2.15 bits per heavy atom. The van der Waals surface area contributed by atoms with Crippen LogP contribution in [0.1, 0.15) is 31.0 Å². The van der Waals surface area contributed by atoms with E-state index in [1.54, 1.807) is 30.3 Å². The zero-order chi connectivity index (χ0) is 19.3. The Hall–Kier alpha value is -2.44. The van der Waals surface area contributed by atoms with E-state index in [0.717, 1.165) is 16.7 Å². The molecule has 0 bridgehead atoms. The number of hydrogen-bond donors (Lipinski definition) is 1. The summed E-state index contributed by atoms with van der Waals surface area (Å²) in [6.45, 7) is 3.75. The van der Waals surface area contributed by atoms with Crippen LogP contribution in [-0.2, 0) is 14.8 Å². The summed E-state index contributed by atoms with van der Waals surface area (Å²) in [5.41, 5.74) is 2.71. The van der Waals surface area contributed by atoms with Crippen LogP contribution in [-0.4, -0.2) is 32.7 Å². The van der Waals surface area contributed by atoms with Gasteiger partial charge in [0.05, 0.1) is 10.9 Å². The number of allylic oxidation sites excluding steroid dienone is 1. The summed E-state index contributed by atoms with van der Waals surface area (Å²) in [6.07, 6.45) is 1.57. The first-order valence-electron chi connectivity index (χ1n) is 8.28. The van der Waals surface area contributed by atoms with Crippen molar-refractivity contribution in [3.63, 3.8) is 0 Å². The number of rotatable bonds is 6. The molecule has 0 saturated heterocycles. The Labute approximate surface area is 155 Å². The van der Waals surface area contributed by atoms with Gasteiger partial charge in [0, 0.05) is 20.2 Å². The highest BCUT2D eigenvalue weighted by atomic mass is 32.2. The van der Waals surface area contributed by atoms with Crippen molar-refractivity contribution in [1.29, 1.82) is 0 Å². The highest BCUT2D eigenvalue weighted by Crippen LogP contribution is 2.18. The summed E-state index contributed by atoms with van der Waals surface area (Å²) in [7, 11) is -0.465. The molecule has 2 aromatic rings. The maximum absolute atomic E-state index is 12.2. The van der Waals surface area contributed by atoms with Gasteiger partial charge in [-0.3, -0.25) is 4.79 Å². The zero-order valence-electron chi connectivity index (χ0n) is 15.4. The average molecular weight is 372 g/mol. The summed E-state index contributed by atoms with van der Waals surface area (Å²) in [5, 5.41) is 2.90. The van der Waals surface area contributed by atoms with E-state index in [0.29, 0.717) is 0 Å². The average Bonchev–Trinajstić information content (AvgIpc) is 2.62. The van der Waals surface area contributed by atoms with Crippen LogP contribution in [0.25, 0.3) is 5.57 Å². The van der Waals surface area contributed by atoms with Gasteiger partial charge in [-0.1, -0.05) is 42.5 Å². The van der Waals surface area contributed by atoms with Gasteiger partial charge in [0.25, 0.3) is 0 Å². The van der Waals surface area contributed by atoms with Crippen LogP contribution in [0.4, 0.5) is 0 Å². The Balaban J connectivity index is 2.08. The molecule has 0 aliphatic heterocycles. The monoisotopic (exact) mass is 372 g/mol. The van der Waals surface area contributed by atoms with E-state index in [1.807, 2.05) is 44.2 Å². The van der Waals surface area contributed by atoms with Gasteiger partial charge in [-0.2, -0.15) is 0 Å². The minimum atomic E-state index is -3.45. The molecule has 0 spiro atoms. The van der Waals surface area contributed by atoms with Crippen molar-refractivity contribution in [1.82, 2.24) is 9.62 Å². The predicted molar refractivity (Wildman–Crippen MR) is 104 cm³/mol. The van der Waals surface area contributed by atoms with Crippen LogP contribution in [0.2, 0.25) is 0 Å². The van der Waals surface area contributed by atoms with E-state index in [4.69, 9.17) is 0 Å². The summed E-state index contributed by atoms with van der Waals surface area (Å²) < 4.78 is 25.4. The van der Waals surface area contributed by atoms with Gasteiger partial charge in [-0.05, 0) is 42.7 Å². The van der Waals surface area contributed by atoms with Gasteiger partial charge >= 0.3 is 0 Å². The third-order valence-corrected chi connectivity index (χ3v) is 5.92. The minimum Gasteiger partial charge on any atom is -0.346 e. The topological polar surface area (TPSA) is 66.5 Å². The van der Waals surface area contributed by atoms with Gasteiger partial charge in [-0.15, -0.1) is 0 Å². The van der Waals surface area contributed by atoms with Crippen molar-refractivity contribution in [2.45, 2.75) is 24.8 Å². The highest BCUT2D eigenvalue weighted by Gasteiger charge is 2.17. The van der Waals surface area contributed by atoms with E-state index < -0.39 is 10.0 Å². The molecule has 0 fully saturated rings. The molecule has 0 aliphatic carbocycles. The molecule has 138 valence electrons. The number of carbonyl (C=O) groups is 1. The van der Waals surface area contributed by atoms with Crippen molar-refractivity contribution in [2.75, 3.05) is 14.1 Å². The van der Waals surface area contributed by atoms with Crippen LogP contribution >= 0.6 is 0 Å². The van der Waals surface area contributed by atoms with Gasteiger partial charge in [-0.25, -0.2) is 12.7 Å². The second-order valence-corrected chi connectivity index (χ2v) is 8.43. The summed E-state index contributed by atoms with van der Waals surface area (Å²) >= 11 is 0. The summed E-state index contributed by atoms with van der Waals surface area (Å²) in [5.74, 6) is -0.191. The standard InChI is InChI=1S/C20H24N2O3S/c1-15(17-8-6-5-7-9-17)14-20(23)21-16(2)18-10-12-19(13-11-18)26(24,25)22(3)4/h5-14,16H,1-4H3,(H,21,23). The van der Waals surface area contributed by atoms with Crippen LogP contribution in [0.15, 0.2) is 65.6 Å². The molecule has 0 radical (unpaired) electrons. The molecular weight excluding hydrogens is 348 g/mol. The molecule has 1 unspecified atom stereocenters. The smallest absolute Gasteiger partial charge is 0.244 e. The van der Waals surface area contributed by atoms with E-state index >= 15 is 0 Å². The van der Waals surface area contributed by atoms with E-state index in [9.17, 15) is 13.2 Å². The fraction of sp³-hybridized carbons (Fsp3) is 0.250. The van der Waals surface area contributed by atoms with Crippen molar-refractivity contribution in [3.05, 3.63) is 71.8 Å². The largest absolute Gasteiger partial charge is 0.346 e. The maximum atomic E-state index is 12.2. The molecule has 1 N–H and O–H groups in total. The van der Waals surface area contributed by atoms with Gasteiger partial charge in [0.15, 0.2) is 0 Å².